The van der Waals surface area contributed by atoms with Crippen LogP contribution in [0.5, 0.6) is 0 Å². The molecule has 0 aliphatic rings. The largest absolute Gasteiger partial charge is 0.343 e. The Hall–Kier alpha value is -3.49. The Balaban J connectivity index is 1.18. The molecule has 2 heterocycles. The lowest BCUT2D eigenvalue weighted by Gasteiger charge is -2.06. The zero-order valence-corrected chi connectivity index (χ0v) is 19.1. The van der Waals surface area contributed by atoms with Crippen LogP contribution in [0.15, 0.2) is 88.4 Å². The summed E-state index contributed by atoms with van der Waals surface area (Å²) in [5, 5.41) is 5.13. The summed E-state index contributed by atoms with van der Waals surface area (Å²) in [7, 11) is 0. The van der Waals surface area contributed by atoms with E-state index in [1.165, 1.54) is 17.8 Å². The number of amides is 1. The molecule has 164 valence electrons. The van der Waals surface area contributed by atoms with E-state index in [0.717, 1.165) is 36.6 Å². The van der Waals surface area contributed by atoms with Gasteiger partial charge in [-0.05, 0) is 53.6 Å². The summed E-state index contributed by atoms with van der Waals surface area (Å²) < 4.78 is 17.5. The van der Waals surface area contributed by atoms with Crippen LogP contribution in [0.25, 0.3) is 21.1 Å². The number of halogens is 1. The number of nitrogens with one attached hydrogen (secondary N) is 1. The Morgan fingerprint density at radius 2 is 2.03 bits per heavy atom. The van der Waals surface area contributed by atoms with E-state index in [1.54, 1.807) is 29.7 Å². The third-order valence-electron chi connectivity index (χ3n) is 5.04. The maximum atomic E-state index is 13.5. The first-order valence-electron chi connectivity index (χ1n) is 10.3. The Labute approximate surface area is 198 Å². The summed E-state index contributed by atoms with van der Waals surface area (Å²) in [5.74, 6) is -0.167. The van der Waals surface area contributed by atoms with Crippen LogP contribution in [0.2, 0.25) is 0 Å². The van der Waals surface area contributed by atoms with Gasteiger partial charge in [0.05, 0.1) is 22.2 Å². The molecule has 2 aromatic heterocycles. The number of rotatable bonds is 7. The third kappa shape index (κ3) is 5.13. The number of aromatic nitrogens is 2. The normalized spacial score (nSPS) is 11.5. The number of nitrogens with zero attached hydrogens (tertiary/aromatic N) is 3. The fourth-order valence-corrected chi connectivity index (χ4v) is 5.38. The van der Waals surface area contributed by atoms with Crippen LogP contribution in [0.1, 0.15) is 11.1 Å². The molecule has 1 amide bonds. The number of hydrazone groups is 1. The molecule has 3 aromatic carbocycles. The molecule has 0 radical (unpaired) electrons. The predicted octanol–water partition coefficient (Wildman–Crippen LogP) is 5.68. The number of thiazole rings is 1. The molecule has 0 saturated heterocycles. The van der Waals surface area contributed by atoms with Crippen molar-refractivity contribution in [3.05, 3.63) is 95.9 Å². The Morgan fingerprint density at radius 1 is 1.12 bits per heavy atom. The summed E-state index contributed by atoms with van der Waals surface area (Å²) in [6.07, 6.45) is 3.61. The number of carbonyl (C=O) groups excluding carboxylic acids is 1. The molecule has 0 saturated carbocycles. The zero-order valence-electron chi connectivity index (χ0n) is 17.4. The molecule has 0 atom stereocenters. The maximum Gasteiger partial charge on any atom is 0.250 e. The van der Waals surface area contributed by atoms with Crippen molar-refractivity contribution in [2.75, 3.05) is 5.75 Å². The molecule has 8 heteroatoms. The summed E-state index contributed by atoms with van der Waals surface area (Å²) in [6, 6.07) is 22.5. The smallest absolute Gasteiger partial charge is 0.250 e. The highest BCUT2D eigenvalue weighted by molar-refractivity contribution is 8.01. The first-order valence-corrected chi connectivity index (χ1v) is 12.1. The molecular formula is C25H19FN4OS2. The van der Waals surface area contributed by atoms with E-state index in [2.05, 4.69) is 20.1 Å². The number of carbonyl (C=O) groups is 1. The first-order chi connectivity index (χ1) is 16.1. The lowest BCUT2D eigenvalue weighted by atomic mass is 10.1. The van der Waals surface area contributed by atoms with Gasteiger partial charge in [-0.25, -0.2) is 14.8 Å². The number of hydrogen-bond donors (Lipinski definition) is 1. The fourth-order valence-electron chi connectivity index (χ4n) is 3.52. The topological polar surface area (TPSA) is 59.3 Å². The van der Waals surface area contributed by atoms with Gasteiger partial charge in [0, 0.05) is 23.6 Å². The molecule has 1 N–H and O–H groups in total. The maximum absolute atomic E-state index is 13.5. The second-order valence-electron chi connectivity index (χ2n) is 7.42. The molecular weight excluding hydrogens is 455 g/mol. The van der Waals surface area contributed by atoms with Gasteiger partial charge in [0.25, 0.3) is 5.91 Å². The highest BCUT2D eigenvalue weighted by Crippen LogP contribution is 2.29. The number of benzene rings is 3. The predicted molar refractivity (Wildman–Crippen MR) is 134 cm³/mol. The molecule has 0 unspecified atom stereocenters. The van der Waals surface area contributed by atoms with E-state index in [0.29, 0.717) is 6.54 Å². The van der Waals surface area contributed by atoms with Crippen molar-refractivity contribution in [2.24, 2.45) is 5.10 Å². The third-order valence-corrected chi connectivity index (χ3v) is 7.22. The summed E-state index contributed by atoms with van der Waals surface area (Å²) in [4.78, 5) is 16.7. The van der Waals surface area contributed by atoms with Gasteiger partial charge < -0.3 is 4.57 Å². The van der Waals surface area contributed by atoms with Gasteiger partial charge in [-0.3, -0.25) is 4.79 Å². The molecule has 0 fully saturated rings. The molecule has 0 aliphatic carbocycles. The van der Waals surface area contributed by atoms with Crippen LogP contribution >= 0.6 is 23.1 Å². The molecule has 5 nitrogen and oxygen atoms in total. The van der Waals surface area contributed by atoms with Crippen molar-refractivity contribution < 1.29 is 9.18 Å². The van der Waals surface area contributed by atoms with Crippen LogP contribution in [-0.4, -0.2) is 27.4 Å². The molecule has 5 aromatic rings. The molecule has 0 aliphatic heterocycles. The van der Waals surface area contributed by atoms with E-state index in [4.69, 9.17) is 0 Å². The monoisotopic (exact) mass is 474 g/mol. The van der Waals surface area contributed by atoms with Crippen molar-refractivity contribution in [1.29, 1.82) is 0 Å². The standard InChI is InChI=1S/C25H19FN4OS2/c26-20-5-3-4-18(13-20)15-30-11-10-19-12-17(8-9-22(19)30)14-27-29-24(31)16-32-25-28-21-6-1-2-7-23(21)33-25/h1-14H,15-16H2,(H,29,31)/b27-14-. The van der Waals surface area contributed by atoms with Crippen molar-refractivity contribution in [3.63, 3.8) is 0 Å². The fraction of sp³-hybridized carbons (Fsp3) is 0.0800. The van der Waals surface area contributed by atoms with Crippen molar-refractivity contribution >= 4 is 56.3 Å². The number of para-hydroxylation sites is 1. The summed E-state index contributed by atoms with van der Waals surface area (Å²) in [6.45, 7) is 0.594. The minimum atomic E-state index is -0.233. The van der Waals surface area contributed by atoms with Crippen molar-refractivity contribution in [2.45, 2.75) is 10.9 Å². The summed E-state index contributed by atoms with van der Waals surface area (Å²) >= 11 is 2.98. The van der Waals surface area contributed by atoms with E-state index in [9.17, 15) is 9.18 Å². The summed E-state index contributed by atoms with van der Waals surface area (Å²) in [5.41, 5.74) is 6.36. The average molecular weight is 475 g/mol. The molecule has 0 bridgehead atoms. The van der Waals surface area contributed by atoms with Crippen LogP contribution in [0, 0.1) is 5.82 Å². The van der Waals surface area contributed by atoms with Crippen LogP contribution in [0.4, 0.5) is 4.39 Å². The van der Waals surface area contributed by atoms with E-state index >= 15 is 0 Å². The lowest BCUT2D eigenvalue weighted by molar-refractivity contribution is -0.118. The SMILES string of the molecule is O=C(CSc1nc2ccccc2s1)N/N=C\c1ccc2c(ccn2Cc2cccc(F)c2)c1. The highest BCUT2D eigenvalue weighted by atomic mass is 32.2. The second-order valence-corrected chi connectivity index (χ2v) is 9.67. The van der Waals surface area contributed by atoms with Gasteiger partial charge in [-0.1, -0.05) is 42.1 Å². The number of thioether (sulfide) groups is 1. The van der Waals surface area contributed by atoms with Gasteiger partial charge in [-0.2, -0.15) is 5.10 Å². The number of hydrogen-bond acceptors (Lipinski definition) is 5. The minimum absolute atomic E-state index is 0.183. The molecule has 0 spiro atoms. The molecule has 33 heavy (non-hydrogen) atoms. The minimum Gasteiger partial charge on any atom is -0.343 e. The van der Waals surface area contributed by atoms with E-state index in [1.807, 2.05) is 60.8 Å². The van der Waals surface area contributed by atoms with Crippen molar-refractivity contribution in [3.8, 4) is 0 Å². The first kappa shape index (κ1) is 21.4. The van der Waals surface area contributed by atoms with E-state index < -0.39 is 0 Å². The highest BCUT2D eigenvalue weighted by Gasteiger charge is 2.07. The Kier molecular flexibility index (Phi) is 6.19. The number of fused-ring (bicyclic) bond motifs is 2. The Morgan fingerprint density at radius 3 is 2.91 bits per heavy atom. The van der Waals surface area contributed by atoms with Crippen LogP contribution < -0.4 is 5.43 Å². The van der Waals surface area contributed by atoms with Crippen LogP contribution in [-0.2, 0) is 11.3 Å². The zero-order chi connectivity index (χ0) is 22.6. The second kappa shape index (κ2) is 9.56. The van der Waals surface area contributed by atoms with E-state index in [-0.39, 0.29) is 17.5 Å². The lowest BCUT2D eigenvalue weighted by Crippen LogP contribution is -2.19. The van der Waals surface area contributed by atoms with Gasteiger partial charge in [-0.15, -0.1) is 11.3 Å². The van der Waals surface area contributed by atoms with Crippen molar-refractivity contribution in [1.82, 2.24) is 15.0 Å². The quantitative estimate of drug-likeness (QED) is 0.188. The Bertz CT molecular complexity index is 1440. The van der Waals surface area contributed by atoms with Gasteiger partial charge in [0.15, 0.2) is 4.34 Å². The van der Waals surface area contributed by atoms with Gasteiger partial charge in [0.1, 0.15) is 5.82 Å². The molecule has 5 rings (SSSR count). The van der Waals surface area contributed by atoms with Crippen LogP contribution in [0.3, 0.4) is 0 Å². The van der Waals surface area contributed by atoms with Gasteiger partial charge >= 0.3 is 0 Å². The van der Waals surface area contributed by atoms with Gasteiger partial charge in [0.2, 0.25) is 0 Å². The average Bonchev–Trinajstić information content (AvgIpc) is 3.41.